The number of methoxy groups -OCH3 is 2. The number of nitrogens with one attached hydrogen (secondary N) is 1. The average molecular weight is 382 g/mol. The first kappa shape index (κ1) is 16.9. The number of fused-ring (bicyclic) bond motifs is 3. The molecule has 6 rings (SSSR count). The van der Waals surface area contributed by atoms with Crippen molar-refractivity contribution in [2.45, 2.75) is 49.9 Å². The number of benzene rings is 1. The number of piperidine rings is 1. The topological polar surface area (TPSA) is 63.3 Å². The highest BCUT2D eigenvalue weighted by Crippen LogP contribution is 2.68. The van der Waals surface area contributed by atoms with E-state index in [0.717, 1.165) is 48.6 Å². The van der Waals surface area contributed by atoms with Crippen LogP contribution in [-0.2, 0) is 19.7 Å². The Labute approximate surface area is 164 Å². The van der Waals surface area contributed by atoms with Crippen LogP contribution < -0.4 is 10.1 Å². The molecule has 0 aromatic heterocycles. The third-order valence-electron chi connectivity index (χ3n) is 8.04. The predicted octanol–water partition coefficient (Wildman–Crippen LogP) is 2.44. The molecule has 0 amide bonds. The van der Waals surface area contributed by atoms with E-state index in [1.165, 1.54) is 12.7 Å². The molecule has 4 aliphatic heterocycles. The summed E-state index contributed by atoms with van der Waals surface area (Å²) in [6.07, 6.45) is 3.29. The highest BCUT2D eigenvalue weighted by molar-refractivity contribution is 5.93. The van der Waals surface area contributed by atoms with E-state index in [0.29, 0.717) is 18.6 Å². The van der Waals surface area contributed by atoms with Crippen molar-refractivity contribution in [3.8, 4) is 5.75 Å². The van der Waals surface area contributed by atoms with Crippen LogP contribution in [0, 0.1) is 5.41 Å². The van der Waals surface area contributed by atoms with Crippen molar-refractivity contribution < 1.29 is 19.0 Å². The van der Waals surface area contributed by atoms with E-state index < -0.39 is 0 Å². The summed E-state index contributed by atoms with van der Waals surface area (Å²) in [6.45, 7) is 4.29. The molecule has 3 fully saturated rings. The lowest BCUT2D eigenvalue weighted by atomic mass is 9.53. The average Bonchev–Trinajstić information content (AvgIpc) is 3.31. The second kappa shape index (κ2) is 5.30. The van der Waals surface area contributed by atoms with Crippen LogP contribution in [0.25, 0.3) is 0 Å². The van der Waals surface area contributed by atoms with Gasteiger partial charge in [0.1, 0.15) is 5.75 Å². The third kappa shape index (κ3) is 1.75. The molecule has 6 heteroatoms. The van der Waals surface area contributed by atoms with Crippen LogP contribution in [0.4, 0.5) is 5.69 Å². The molecular weight excluding hydrogens is 356 g/mol. The zero-order valence-corrected chi connectivity index (χ0v) is 16.6. The lowest BCUT2D eigenvalue weighted by molar-refractivity contribution is -0.137. The first-order chi connectivity index (χ1) is 13.6. The molecule has 1 aromatic rings. The molecule has 148 valence electrons. The van der Waals surface area contributed by atoms with Crippen LogP contribution in [-0.4, -0.2) is 56.4 Å². The van der Waals surface area contributed by atoms with E-state index in [9.17, 15) is 4.79 Å². The fourth-order valence-corrected chi connectivity index (χ4v) is 6.97. The van der Waals surface area contributed by atoms with Gasteiger partial charge in [0.25, 0.3) is 0 Å². The van der Waals surface area contributed by atoms with Gasteiger partial charge in [-0.05, 0) is 37.4 Å². The number of hydrogen-bond donors (Lipinski definition) is 1. The normalized spacial score (nSPS) is 39.5. The monoisotopic (exact) mass is 382 g/mol. The summed E-state index contributed by atoms with van der Waals surface area (Å²) in [6, 6.07) is 6.64. The number of esters is 1. The molecule has 5 atom stereocenters. The van der Waals surface area contributed by atoms with Gasteiger partial charge in [0.2, 0.25) is 0 Å². The van der Waals surface area contributed by atoms with Crippen molar-refractivity contribution >= 4 is 11.7 Å². The number of hydrogen-bond acceptors (Lipinski definition) is 6. The SMILES string of the molecule is CCC12CC(C(=O)OC)=C3Nc4cc(OC)ccc4C34CCN(CC3OC31)C42. The smallest absolute Gasteiger partial charge is 0.335 e. The second-order valence-corrected chi connectivity index (χ2v) is 8.86. The number of carbonyl (C=O) groups excluding carboxylic acids is 1. The molecule has 4 heterocycles. The minimum Gasteiger partial charge on any atom is -0.497 e. The molecule has 3 saturated heterocycles. The fraction of sp³-hybridized carbons (Fsp3) is 0.591. The van der Waals surface area contributed by atoms with Crippen molar-refractivity contribution in [3.63, 3.8) is 0 Å². The van der Waals surface area contributed by atoms with Crippen LogP contribution in [0.3, 0.4) is 0 Å². The molecule has 0 radical (unpaired) electrons. The molecule has 0 bridgehead atoms. The molecule has 0 saturated carbocycles. The molecule has 1 aliphatic carbocycles. The number of ether oxygens (including phenoxy) is 3. The van der Waals surface area contributed by atoms with Gasteiger partial charge in [0.05, 0.1) is 37.4 Å². The van der Waals surface area contributed by atoms with Gasteiger partial charge < -0.3 is 19.5 Å². The third-order valence-corrected chi connectivity index (χ3v) is 8.04. The second-order valence-electron chi connectivity index (χ2n) is 8.86. The van der Waals surface area contributed by atoms with Gasteiger partial charge in [-0.15, -0.1) is 0 Å². The minimum atomic E-state index is -0.214. The standard InChI is InChI=1S/C22H26N2O4/c1-4-21-10-13(19(25)27-3)17-22(14-6-5-12(26-2)9-15(14)23-17)7-8-24(20(21)22)11-16-18(21)28-16/h5-6,9,16,18,20,23H,4,7-8,10-11H2,1-3H3. The molecule has 28 heavy (non-hydrogen) atoms. The summed E-state index contributed by atoms with van der Waals surface area (Å²) in [5.41, 5.74) is 3.95. The summed E-state index contributed by atoms with van der Waals surface area (Å²) < 4.78 is 16.9. The van der Waals surface area contributed by atoms with Crippen molar-refractivity contribution in [2.24, 2.45) is 5.41 Å². The van der Waals surface area contributed by atoms with Crippen LogP contribution in [0.5, 0.6) is 5.75 Å². The predicted molar refractivity (Wildman–Crippen MR) is 103 cm³/mol. The molecule has 1 N–H and O–H groups in total. The van der Waals surface area contributed by atoms with E-state index in [-0.39, 0.29) is 22.9 Å². The Balaban J connectivity index is 1.63. The highest BCUT2D eigenvalue weighted by Gasteiger charge is 2.73. The summed E-state index contributed by atoms with van der Waals surface area (Å²) in [7, 11) is 3.17. The van der Waals surface area contributed by atoms with E-state index in [2.05, 4.69) is 29.3 Å². The van der Waals surface area contributed by atoms with Gasteiger partial charge in [0.15, 0.2) is 0 Å². The minimum absolute atomic E-state index is 0.0460. The molecule has 5 aliphatic rings. The molecular formula is C22H26N2O4. The van der Waals surface area contributed by atoms with Crippen LogP contribution in [0.15, 0.2) is 29.5 Å². The van der Waals surface area contributed by atoms with E-state index in [1.807, 2.05) is 6.07 Å². The Bertz CT molecular complexity index is 927. The lowest BCUT2D eigenvalue weighted by Crippen LogP contribution is -2.63. The maximum Gasteiger partial charge on any atom is 0.335 e. The Hall–Kier alpha value is -2.05. The van der Waals surface area contributed by atoms with Crippen LogP contribution in [0.1, 0.15) is 31.7 Å². The zero-order chi connectivity index (χ0) is 19.3. The maximum atomic E-state index is 12.9. The maximum absolute atomic E-state index is 12.9. The van der Waals surface area contributed by atoms with Crippen molar-refractivity contribution in [1.29, 1.82) is 0 Å². The first-order valence-corrected chi connectivity index (χ1v) is 10.3. The largest absolute Gasteiger partial charge is 0.497 e. The van der Waals surface area contributed by atoms with Gasteiger partial charge >= 0.3 is 5.97 Å². The van der Waals surface area contributed by atoms with Crippen LogP contribution >= 0.6 is 0 Å². The number of anilines is 1. The number of rotatable bonds is 3. The van der Waals surface area contributed by atoms with Gasteiger partial charge in [-0.1, -0.05) is 13.0 Å². The van der Waals surface area contributed by atoms with Crippen molar-refractivity contribution in [2.75, 3.05) is 32.6 Å². The quantitative estimate of drug-likeness (QED) is 0.640. The molecule has 1 aromatic carbocycles. The number of carbonyl (C=O) groups is 1. The van der Waals surface area contributed by atoms with Gasteiger partial charge in [-0.25, -0.2) is 4.79 Å². The molecule has 6 nitrogen and oxygen atoms in total. The Morgan fingerprint density at radius 3 is 3.00 bits per heavy atom. The van der Waals surface area contributed by atoms with Gasteiger partial charge in [0, 0.05) is 35.5 Å². The lowest BCUT2D eigenvalue weighted by Gasteiger charge is -2.54. The summed E-state index contributed by atoms with van der Waals surface area (Å²) in [4.78, 5) is 15.5. The van der Waals surface area contributed by atoms with Crippen molar-refractivity contribution in [1.82, 2.24) is 4.90 Å². The Kier molecular flexibility index (Phi) is 3.19. The van der Waals surface area contributed by atoms with Crippen molar-refractivity contribution in [3.05, 3.63) is 35.0 Å². The van der Waals surface area contributed by atoms with E-state index >= 15 is 0 Å². The molecule has 5 unspecified atom stereocenters. The first-order valence-electron chi connectivity index (χ1n) is 10.3. The Morgan fingerprint density at radius 1 is 1.39 bits per heavy atom. The van der Waals surface area contributed by atoms with Gasteiger partial charge in [-0.3, -0.25) is 4.90 Å². The van der Waals surface area contributed by atoms with E-state index in [1.54, 1.807) is 7.11 Å². The number of nitrogens with zero attached hydrogens (tertiary/aromatic N) is 1. The molecule has 1 spiro atoms. The Morgan fingerprint density at radius 2 is 2.25 bits per heavy atom. The number of epoxide rings is 1. The van der Waals surface area contributed by atoms with Crippen LogP contribution in [0.2, 0.25) is 0 Å². The summed E-state index contributed by atoms with van der Waals surface area (Å²) >= 11 is 0. The zero-order valence-electron chi connectivity index (χ0n) is 16.6. The fourth-order valence-electron chi connectivity index (χ4n) is 6.97. The van der Waals surface area contributed by atoms with Gasteiger partial charge in [-0.2, -0.15) is 0 Å². The highest BCUT2D eigenvalue weighted by atomic mass is 16.6. The summed E-state index contributed by atoms with van der Waals surface area (Å²) in [5, 5.41) is 3.63. The summed E-state index contributed by atoms with van der Waals surface area (Å²) in [5.74, 6) is 0.613. The van der Waals surface area contributed by atoms with E-state index in [4.69, 9.17) is 14.2 Å².